The molecule has 0 aliphatic carbocycles. The van der Waals surface area contributed by atoms with E-state index < -0.39 is 0 Å². The number of hydrogen-bond donors (Lipinski definition) is 4. The van der Waals surface area contributed by atoms with E-state index in [9.17, 15) is 5.11 Å². The molecule has 1 fully saturated rings. The van der Waals surface area contributed by atoms with Crippen LogP contribution in [-0.2, 0) is 6.54 Å². The fourth-order valence-electron chi connectivity index (χ4n) is 3.76. The Labute approximate surface area is 178 Å². The number of aromatic nitrogens is 3. The molecule has 4 rings (SSSR count). The Morgan fingerprint density at radius 3 is 2.77 bits per heavy atom. The fraction of sp³-hybridized carbons (Fsp3) is 0.478. The van der Waals surface area contributed by atoms with Gasteiger partial charge < -0.3 is 21.1 Å². The van der Waals surface area contributed by atoms with Crippen LogP contribution in [0.4, 0.5) is 11.6 Å². The molecule has 0 spiro atoms. The van der Waals surface area contributed by atoms with E-state index in [4.69, 9.17) is 4.98 Å². The molecule has 7 heteroatoms. The van der Waals surface area contributed by atoms with Crippen LogP contribution in [0, 0.1) is 5.92 Å². The SMILES string of the molecule is C.CC(C)c1cnn2c(NCc3ccccc3)cc(NCC3CCNCC3O)nc12. The first-order chi connectivity index (χ1) is 14.1. The molecule has 2 aromatic heterocycles. The fourth-order valence-corrected chi connectivity index (χ4v) is 3.76. The number of nitrogens with one attached hydrogen (secondary N) is 3. The predicted octanol–water partition coefficient (Wildman–Crippen LogP) is 3.48. The summed E-state index contributed by atoms with van der Waals surface area (Å²) in [4.78, 5) is 4.83. The maximum atomic E-state index is 10.2. The van der Waals surface area contributed by atoms with Gasteiger partial charge in [-0.25, -0.2) is 4.98 Å². The van der Waals surface area contributed by atoms with E-state index in [0.29, 0.717) is 25.6 Å². The third kappa shape index (κ3) is 4.91. The van der Waals surface area contributed by atoms with Crippen molar-refractivity contribution in [1.29, 1.82) is 0 Å². The second-order valence-electron chi connectivity index (χ2n) is 8.06. The highest BCUT2D eigenvalue weighted by atomic mass is 16.3. The van der Waals surface area contributed by atoms with Crippen LogP contribution in [0.25, 0.3) is 5.65 Å². The van der Waals surface area contributed by atoms with Crippen LogP contribution >= 0.6 is 0 Å². The van der Waals surface area contributed by atoms with Crippen LogP contribution in [0.15, 0.2) is 42.6 Å². The number of β-amino-alcohol motifs (C(OH)–C–C–N with tert-alkyl or cyclic N) is 1. The Bertz CT molecular complexity index is 940. The second kappa shape index (κ2) is 9.91. The Morgan fingerprint density at radius 2 is 2.03 bits per heavy atom. The number of benzene rings is 1. The van der Waals surface area contributed by atoms with Gasteiger partial charge in [-0.15, -0.1) is 0 Å². The molecular weight excluding hydrogens is 376 g/mol. The standard InChI is InChI=1S/C22H30N6O.CH4/c1-15(2)18-13-26-28-21(25-11-16-6-4-3-5-7-16)10-20(27-22(18)28)24-12-17-8-9-23-14-19(17)29;/h3-7,10,13,15,17,19,23,25,29H,8-9,11-12,14H2,1-2H3,(H,24,27);1H4. The van der Waals surface area contributed by atoms with Gasteiger partial charge in [-0.1, -0.05) is 51.6 Å². The summed E-state index contributed by atoms with van der Waals surface area (Å²) in [5.74, 6) is 2.27. The first-order valence-corrected chi connectivity index (χ1v) is 10.4. The maximum Gasteiger partial charge on any atom is 0.163 e. The molecule has 1 saturated heterocycles. The zero-order valence-electron chi connectivity index (χ0n) is 17.1. The molecule has 1 aliphatic heterocycles. The quantitative estimate of drug-likeness (QED) is 0.477. The third-order valence-electron chi connectivity index (χ3n) is 5.57. The summed E-state index contributed by atoms with van der Waals surface area (Å²) in [7, 11) is 0. The Kier molecular flexibility index (Phi) is 7.29. The van der Waals surface area contributed by atoms with Gasteiger partial charge in [-0.05, 0) is 24.4 Å². The van der Waals surface area contributed by atoms with Crippen molar-refractivity contribution in [3.8, 4) is 0 Å². The molecular formula is C23H34N6O. The summed E-state index contributed by atoms with van der Waals surface area (Å²) in [5.41, 5.74) is 3.20. The summed E-state index contributed by atoms with van der Waals surface area (Å²) in [6.07, 6.45) is 2.54. The maximum absolute atomic E-state index is 10.2. The summed E-state index contributed by atoms with van der Waals surface area (Å²) >= 11 is 0. The molecule has 1 aliphatic rings. The van der Waals surface area contributed by atoms with Gasteiger partial charge in [0.15, 0.2) is 5.65 Å². The van der Waals surface area contributed by atoms with Crippen molar-refractivity contribution in [1.82, 2.24) is 19.9 Å². The lowest BCUT2D eigenvalue weighted by atomic mass is 9.95. The van der Waals surface area contributed by atoms with Gasteiger partial charge in [0, 0.05) is 37.2 Å². The van der Waals surface area contributed by atoms with Gasteiger partial charge in [-0.3, -0.25) is 0 Å². The minimum Gasteiger partial charge on any atom is -0.391 e. The number of piperidine rings is 1. The number of fused-ring (bicyclic) bond motifs is 1. The Hall–Kier alpha value is -2.64. The lowest BCUT2D eigenvalue weighted by Crippen LogP contribution is -2.43. The highest BCUT2D eigenvalue weighted by Crippen LogP contribution is 2.25. The van der Waals surface area contributed by atoms with Crippen molar-refractivity contribution in [3.63, 3.8) is 0 Å². The summed E-state index contributed by atoms with van der Waals surface area (Å²) < 4.78 is 1.88. The molecule has 0 bridgehead atoms. The minimum absolute atomic E-state index is 0. The van der Waals surface area contributed by atoms with Crippen molar-refractivity contribution >= 4 is 17.3 Å². The largest absolute Gasteiger partial charge is 0.391 e. The van der Waals surface area contributed by atoms with Gasteiger partial charge in [0.25, 0.3) is 0 Å². The molecule has 3 heterocycles. The van der Waals surface area contributed by atoms with E-state index in [1.165, 1.54) is 5.56 Å². The topological polar surface area (TPSA) is 86.5 Å². The normalized spacial score (nSPS) is 18.9. The third-order valence-corrected chi connectivity index (χ3v) is 5.57. The van der Waals surface area contributed by atoms with Crippen LogP contribution in [0.1, 0.15) is 44.7 Å². The highest BCUT2D eigenvalue weighted by Gasteiger charge is 2.23. The molecule has 0 radical (unpaired) electrons. The Balaban J connectivity index is 0.00000256. The molecule has 162 valence electrons. The van der Waals surface area contributed by atoms with Gasteiger partial charge in [0.2, 0.25) is 0 Å². The Morgan fingerprint density at radius 1 is 1.23 bits per heavy atom. The molecule has 2 unspecified atom stereocenters. The van der Waals surface area contributed by atoms with Crippen LogP contribution in [0.3, 0.4) is 0 Å². The predicted molar refractivity (Wildman–Crippen MR) is 123 cm³/mol. The zero-order valence-corrected chi connectivity index (χ0v) is 17.1. The monoisotopic (exact) mass is 410 g/mol. The molecule has 0 saturated carbocycles. The first kappa shape index (κ1) is 22.1. The van der Waals surface area contributed by atoms with Gasteiger partial charge >= 0.3 is 0 Å². The van der Waals surface area contributed by atoms with Crippen LogP contribution in [0.5, 0.6) is 0 Å². The van der Waals surface area contributed by atoms with Crippen molar-refractivity contribution in [2.45, 2.75) is 46.3 Å². The second-order valence-corrected chi connectivity index (χ2v) is 8.06. The molecule has 3 aromatic rings. The van der Waals surface area contributed by atoms with Crippen LogP contribution in [0.2, 0.25) is 0 Å². The first-order valence-electron chi connectivity index (χ1n) is 10.4. The van der Waals surface area contributed by atoms with Gasteiger partial charge in [0.05, 0.1) is 12.3 Å². The molecule has 30 heavy (non-hydrogen) atoms. The number of hydrogen-bond acceptors (Lipinski definition) is 6. The number of aliphatic hydroxyl groups excluding tert-OH is 1. The smallest absolute Gasteiger partial charge is 0.163 e. The lowest BCUT2D eigenvalue weighted by Gasteiger charge is -2.28. The molecule has 7 nitrogen and oxygen atoms in total. The number of nitrogens with zero attached hydrogens (tertiary/aromatic N) is 3. The number of anilines is 2. The summed E-state index contributed by atoms with van der Waals surface area (Å²) in [5, 5.41) is 25.0. The highest BCUT2D eigenvalue weighted by molar-refractivity contribution is 5.61. The summed E-state index contributed by atoms with van der Waals surface area (Å²) in [6.45, 7) is 7.32. The molecule has 0 amide bonds. The van der Waals surface area contributed by atoms with E-state index in [1.807, 2.05) is 35.0 Å². The van der Waals surface area contributed by atoms with Crippen molar-refractivity contribution in [2.24, 2.45) is 5.92 Å². The molecule has 4 N–H and O–H groups in total. The van der Waals surface area contributed by atoms with Gasteiger partial charge in [-0.2, -0.15) is 9.61 Å². The lowest BCUT2D eigenvalue weighted by molar-refractivity contribution is 0.0883. The average molecular weight is 411 g/mol. The number of rotatable bonds is 7. The minimum atomic E-state index is -0.322. The summed E-state index contributed by atoms with van der Waals surface area (Å²) in [6, 6.07) is 12.3. The van der Waals surface area contributed by atoms with E-state index in [0.717, 1.165) is 35.8 Å². The zero-order chi connectivity index (χ0) is 20.2. The van der Waals surface area contributed by atoms with Crippen molar-refractivity contribution in [2.75, 3.05) is 30.3 Å². The van der Waals surface area contributed by atoms with Crippen LogP contribution < -0.4 is 16.0 Å². The van der Waals surface area contributed by atoms with Crippen LogP contribution in [-0.4, -0.2) is 45.4 Å². The average Bonchev–Trinajstić information content (AvgIpc) is 3.16. The molecule has 2 atom stereocenters. The van der Waals surface area contributed by atoms with E-state index in [-0.39, 0.29) is 19.4 Å². The van der Waals surface area contributed by atoms with Crippen molar-refractivity contribution < 1.29 is 5.11 Å². The van der Waals surface area contributed by atoms with E-state index >= 15 is 0 Å². The van der Waals surface area contributed by atoms with Gasteiger partial charge in [0.1, 0.15) is 11.6 Å². The van der Waals surface area contributed by atoms with E-state index in [1.54, 1.807) is 0 Å². The van der Waals surface area contributed by atoms with Crippen molar-refractivity contribution in [3.05, 3.63) is 53.7 Å². The van der Waals surface area contributed by atoms with E-state index in [2.05, 4.69) is 47.0 Å². The molecule has 1 aromatic carbocycles. The number of aliphatic hydroxyl groups is 1.